The van der Waals surface area contributed by atoms with Crippen LogP contribution in [0.1, 0.15) is 25.0 Å². The molecule has 1 aromatic carbocycles. The Labute approximate surface area is 127 Å². The van der Waals surface area contributed by atoms with E-state index in [0.29, 0.717) is 13.1 Å². The summed E-state index contributed by atoms with van der Waals surface area (Å²) >= 11 is 0. The van der Waals surface area contributed by atoms with Crippen LogP contribution >= 0.6 is 0 Å². The molecule has 0 aliphatic carbocycles. The molecule has 2 rings (SSSR count). The number of nitrogens with zero attached hydrogens (tertiary/aromatic N) is 1. The van der Waals surface area contributed by atoms with Crippen molar-refractivity contribution in [3.63, 3.8) is 0 Å². The lowest BCUT2D eigenvalue weighted by atomic mass is 10.0. The molecule has 6 heteroatoms. The van der Waals surface area contributed by atoms with E-state index in [4.69, 9.17) is 4.74 Å². The van der Waals surface area contributed by atoms with E-state index in [9.17, 15) is 8.42 Å². The molecule has 0 amide bonds. The third-order valence-corrected chi connectivity index (χ3v) is 5.41. The quantitative estimate of drug-likeness (QED) is 0.806. The lowest BCUT2D eigenvalue weighted by Gasteiger charge is -2.18. The number of para-hydroxylation sites is 1. The van der Waals surface area contributed by atoms with Crippen LogP contribution in [0.25, 0.3) is 0 Å². The number of nitrogens with one attached hydrogen (secondary N) is 1. The number of benzene rings is 1. The van der Waals surface area contributed by atoms with Gasteiger partial charge in [0.25, 0.3) is 0 Å². The fourth-order valence-electron chi connectivity index (χ4n) is 2.43. The zero-order chi connectivity index (χ0) is 15.7. The summed E-state index contributed by atoms with van der Waals surface area (Å²) in [5, 5.41) is 3.18. The second-order valence-electron chi connectivity index (χ2n) is 6.22. The largest absolute Gasteiger partial charge is 0.487 e. The Hall–Kier alpha value is -1.11. The molecule has 0 saturated heterocycles. The van der Waals surface area contributed by atoms with Crippen molar-refractivity contribution in [2.45, 2.75) is 32.4 Å². The summed E-state index contributed by atoms with van der Waals surface area (Å²) in [4.78, 5) is 0. The third kappa shape index (κ3) is 3.96. The van der Waals surface area contributed by atoms with Gasteiger partial charge < -0.3 is 10.1 Å². The van der Waals surface area contributed by atoms with E-state index in [1.807, 2.05) is 12.1 Å². The van der Waals surface area contributed by atoms with E-state index in [1.54, 1.807) is 14.1 Å². The number of ether oxygens (including phenoxy) is 1. The van der Waals surface area contributed by atoms with Crippen LogP contribution in [0.4, 0.5) is 0 Å². The van der Waals surface area contributed by atoms with Gasteiger partial charge in [0.15, 0.2) is 0 Å². The van der Waals surface area contributed by atoms with E-state index >= 15 is 0 Å². The van der Waals surface area contributed by atoms with Gasteiger partial charge in [-0.25, -0.2) is 12.7 Å². The molecule has 5 nitrogen and oxygen atoms in total. The lowest BCUT2D eigenvalue weighted by molar-refractivity contribution is 0.137. The summed E-state index contributed by atoms with van der Waals surface area (Å²) in [7, 11) is -0.0413. The summed E-state index contributed by atoms with van der Waals surface area (Å²) in [6, 6.07) is 6.13. The Morgan fingerprint density at radius 2 is 2.05 bits per heavy atom. The molecule has 0 unspecified atom stereocenters. The van der Waals surface area contributed by atoms with Crippen molar-refractivity contribution in [3.8, 4) is 5.75 Å². The highest BCUT2D eigenvalue weighted by Gasteiger charge is 2.31. The van der Waals surface area contributed by atoms with Crippen molar-refractivity contribution in [2.24, 2.45) is 0 Å². The maximum atomic E-state index is 11.7. The second-order valence-corrected chi connectivity index (χ2v) is 8.52. The first kappa shape index (κ1) is 16.3. The smallest absolute Gasteiger partial charge is 0.214 e. The summed E-state index contributed by atoms with van der Waals surface area (Å²) < 4.78 is 30.6. The van der Waals surface area contributed by atoms with Gasteiger partial charge in [0.2, 0.25) is 10.0 Å². The summed E-state index contributed by atoms with van der Waals surface area (Å²) in [6.45, 7) is 5.19. The predicted molar refractivity (Wildman–Crippen MR) is 84.0 cm³/mol. The Balaban J connectivity index is 1.93. The minimum Gasteiger partial charge on any atom is -0.487 e. The van der Waals surface area contributed by atoms with Crippen molar-refractivity contribution < 1.29 is 13.2 Å². The zero-order valence-corrected chi connectivity index (χ0v) is 14.0. The second kappa shape index (κ2) is 5.94. The van der Waals surface area contributed by atoms with Gasteiger partial charge in [-0.1, -0.05) is 18.2 Å². The van der Waals surface area contributed by atoms with E-state index in [1.165, 1.54) is 9.87 Å². The SMILES string of the molecule is CN(C)S(=O)(=O)CCNCc1cccc2c1OC(C)(C)C2. The van der Waals surface area contributed by atoms with Crippen LogP contribution in [-0.2, 0) is 23.0 Å². The van der Waals surface area contributed by atoms with Crippen LogP contribution in [0.2, 0.25) is 0 Å². The fourth-order valence-corrected chi connectivity index (χ4v) is 3.19. The molecular formula is C15H24N2O3S. The number of sulfonamides is 1. The molecule has 118 valence electrons. The topological polar surface area (TPSA) is 58.6 Å². The van der Waals surface area contributed by atoms with Gasteiger partial charge in [-0.05, 0) is 19.4 Å². The van der Waals surface area contributed by atoms with E-state index in [-0.39, 0.29) is 11.4 Å². The van der Waals surface area contributed by atoms with Gasteiger partial charge in [-0.2, -0.15) is 0 Å². The van der Waals surface area contributed by atoms with Crippen molar-refractivity contribution >= 4 is 10.0 Å². The summed E-state index contributed by atoms with van der Waals surface area (Å²) in [6.07, 6.45) is 0.908. The monoisotopic (exact) mass is 312 g/mol. The number of rotatable bonds is 6. The van der Waals surface area contributed by atoms with E-state index in [0.717, 1.165) is 17.7 Å². The molecule has 0 saturated carbocycles. The Bertz CT molecular complexity index is 609. The fraction of sp³-hybridized carbons (Fsp3) is 0.600. The Kier molecular flexibility index (Phi) is 4.60. The molecule has 21 heavy (non-hydrogen) atoms. The van der Waals surface area contributed by atoms with Gasteiger partial charge in [-0.3, -0.25) is 0 Å². The van der Waals surface area contributed by atoms with E-state index < -0.39 is 10.0 Å². The van der Waals surface area contributed by atoms with Gasteiger partial charge in [-0.15, -0.1) is 0 Å². The predicted octanol–water partition coefficient (Wildman–Crippen LogP) is 1.38. The average molecular weight is 312 g/mol. The Morgan fingerprint density at radius 1 is 1.33 bits per heavy atom. The Morgan fingerprint density at radius 3 is 2.71 bits per heavy atom. The minimum absolute atomic E-state index is 0.0986. The summed E-state index contributed by atoms with van der Waals surface area (Å²) in [5.41, 5.74) is 2.15. The maximum Gasteiger partial charge on any atom is 0.214 e. The first-order valence-corrected chi connectivity index (χ1v) is 8.73. The van der Waals surface area contributed by atoms with Crippen molar-refractivity contribution in [2.75, 3.05) is 26.4 Å². The van der Waals surface area contributed by atoms with Crippen LogP contribution in [0.3, 0.4) is 0 Å². The number of hydrogen-bond donors (Lipinski definition) is 1. The third-order valence-electron chi connectivity index (χ3n) is 3.58. The van der Waals surface area contributed by atoms with Gasteiger partial charge >= 0.3 is 0 Å². The van der Waals surface area contributed by atoms with Gasteiger partial charge in [0.1, 0.15) is 11.4 Å². The van der Waals surface area contributed by atoms with Crippen LogP contribution in [0.15, 0.2) is 18.2 Å². The molecule has 0 atom stereocenters. The standard InChI is InChI=1S/C15H24N2O3S/c1-15(2)10-12-6-5-7-13(14(12)20-15)11-16-8-9-21(18,19)17(3)4/h5-7,16H,8-11H2,1-4H3. The van der Waals surface area contributed by atoms with Crippen molar-refractivity contribution in [3.05, 3.63) is 29.3 Å². The van der Waals surface area contributed by atoms with E-state index in [2.05, 4.69) is 25.2 Å². The van der Waals surface area contributed by atoms with Crippen LogP contribution in [0, 0.1) is 0 Å². The maximum absolute atomic E-state index is 11.7. The highest BCUT2D eigenvalue weighted by atomic mass is 32.2. The molecule has 0 spiro atoms. The molecular weight excluding hydrogens is 288 g/mol. The molecule has 0 bridgehead atoms. The number of fused-ring (bicyclic) bond motifs is 1. The normalized spacial score (nSPS) is 16.8. The molecule has 1 heterocycles. The van der Waals surface area contributed by atoms with Gasteiger partial charge in [0, 0.05) is 39.2 Å². The molecule has 0 aromatic heterocycles. The van der Waals surface area contributed by atoms with Crippen LogP contribution in [0.5, 0.6) is 5.75 Å². The molecule has 1 N–H and O–H groups in total. The van der Waals surface area contributed by atoms with Crippen molar-refractivity contribution in [1.82, 2.24) is 9.62 Å². The first-order chi connectivity index (χ1) is 9.71. The van der Waals surface area contributed by atoms with Crippen molar-refractivity contribution in [1.29, 1.82) is 0 Å². The highest BCUT2D eigenvalue weighted by Crippen LogP contribution is 2.37. The molecule has 1 aliphatic rings. The highest BCUT2D eigenvalue weighted by molar-refractivity contribution is 7.89. The molecule has 1 aliphatic heterocycles. The van der Waals surface area contributed by atoms with Crippen LogP contribution in [-0.4, -0.2) is 44.7 Å². The summed E-state index contributed by atoms with van der Waals surface area (Å²) in [5.74, 6) is 1.05. The van der Waals surface area contributed by atoms with Gasteiger partial charge in [0.05, 0.1) is 5.75 Å². The molecule has 1 aromatic rings. The molecule has 0 radical (unpaired) electrons. The lowest BCUT2D eigenvalue weighted by Crippen LogP contribution is -2.31. The molecule has 0 fully saturated rings. The minimum atomic E-state index is -3.14. The van der Waals surface area contributed by atoms with Crippen LogP contribution < -0.4 is 10.1 Å². The zero-order valence-electron chi connectivity index (χ0n) is 13.1. The first-order valence-electron chi connectivity index (χ1n) is 7.12. The average Bonchev–Trinajstić information content (AvgIpc) is 2.69. The number of hydrogen-bond acceptors (Lipinski definition) is 4.